The predicted octanol–water partition coefficient (Wildman–Crippen LogP) is 20.1. The van der Waals surface area contributed by atoms with Crippen molar-refractivity contribution in [3.05, 3.63) is 212 Å². The van der Waals surface area contributed by atoms with Crippen molar-refractivity contribution in [2.75, 3.05) is 15.5 Å². The van der Waals surface area contributed by atoms with Crippen molar-refractivity contribution >= 4 is 98.4 Å². The third-order valence-corrected chi connectivity index (χ3v) is 20.0. The molecule has 0 saturated carbocycles. The molecule has 2 aliphatic carbocycles. The molecule has 0 atom stereocenters. The Kier molecular flexibility index (Phi) is 14.7. The molecule has 2 aliphatic heterocycles. The maximum absolute atomic E-state index is 2.75. The monoisotopic (exact) mass is 1050 g/mol. The van der Waals surface area contributed by atoms with Gasteiger partial charge in [0.15, 0.2) is 0 Å². The highest BCUT2D eigenvalue weighted by molar-refractivity contribution is 6.61. The summed E-state index contributed by atoms with van der Waals surface area (Å²) in [5.74, 6) is 3.59. The summed E-state index contributed by atoms with van der Waals surface area (Å²) in [6, 6.07) is 55.4. The molecule has 8 aromatic carbocycles. The Hall–Kier alpha value is -5.98. The van der Waals surface area contributed by atoms with Crippen LogP contribution in [-0.4, -0.2) is 31.3 Å². The summed E-state index contributed by atoms with van der Waals surface area (Å²) < 4.78 is 11.0. The predicted molar refractivity (Wildman–Crippen MR) is 341 cm³/mol. The third kappa shape index (κ3) is 8.86. The SMILES string of the molecule is CC(C)c1cccc(C(C)C)c1[N]1[Al][N](c2c(C(C)C)cccc2C(C)C)C2=C1c1cccc3cccc2c13.CC(C)c1cccc(C(C)C)c1[N]1[Al][N](c2c(C(C)C)cccc2C(C)C)C2=C1c1cccc3cccc2c13. The quantitative estimate of drug-likeness (QED) is 0.113. The van der Waals surface area contributed by atoms with E-state index < -0.39 is 0 Å². The Morgan fingerprint density at radius 1 is 0.231 bits per heavy atom. The van der Waals surface area contributed by atoms with E-state index in [1.165, 1.54) is 134 Å². The van der Waals surface area contributed by atoms with Gasteiger partial charge in [0.25, 0.3) is 0 Å². The van der Waals surface area contributed by atoms with E-state index in [0.717, 1.165) is 0 Å². The molecule has 6 heteroatoms. The van der Waals surface area contributed by atoms with Gasteiger partial charge in [0.2, 0.25) is 0 Å². The Labute approximate surface area is 481 Å². The number of fused-ring (bicyclic) bond motifs is 4. The van der Waals surface area contributed by atoms with Crippen molar-refractivity contribution in [3.8, 4) is 0 Å². The normalized spacial score (nSPS) is 14.6. The molecule has 0 amide bonds. The Morgan fingerprint density at radius 2 is 0.397 bits per heavy atom. The number of anilines is 4. The molecule has 0 saturated heterocycles. The van der Waals surface area contributed by atoms with Gasteiger partial charge in [-0.15, -0.1) is 0 Å². The van der Waals surface area contributed by atoms with Crippen LogP contribution < -0.4 is 15.5 Å². The number of nitrogens with zero attached hydrogens (tertiary/aromatic N) is 4. The van der Waals surface area contributed by atoms with Gasteiger partial charge in [-0.1, -0.05) is 256 Å². The minimum atomic E-state index is -0.232. The van der Waals surface area contributed by atoms with Crippen LogP contribution in [0.2, 0.25) is 0 Å². The van der Waals surface area contributed by atoms with E-state index in [-0.39, 0.29) is 31.3 Å². The first-order valence-electron chi connectivity index (χ1n) is 29.3. The van der Waals surface area contributed by atoms with E-state index in [1.54, 1.807) is 0 Å². The van der Waals surface area contributed by atoms with Gasteiger partial charge in [0.1, 0.15) is 0 Å². The standard InChI is InChI=1S/2C36H40N2.2Al/c2*1-21(2)26-15-11-16-27(22(3)4)33(26)37-35-30-19-9-13-25-14-10-20-31(32(25)30)36(35)38-34-28(23(5)6)17-12-18-29(34)24(7)8;;/h2*9-24H,1-8H3;;/q2*-2;2*+2. The highest BCUT2D eigenvalue weighted by Gasteiger charge is 2.45. The minimum Gasteiger partial charge on any atom is -0.419 e. The highest BCUT2D eigenvalue weighted by Crippen LogP contribution is 2.56. The molecule has 0 aromatic heterocycles. The maximum Gasteiger partial charge on any atom is 0.564 e. The van der Waals surface area contributed by atoms with Gasteiger partial charge in [-0.05, 0) is 103 Å². The fourth-order valence-electron chi connectivity index (χ4n) is 13.3. The van der Waals surface area contributed by atoms with Crippen LogP contribution in [0.25, 0.3) is 44.3 Å². The first-order valence-corrected chi connectivity index (χ1v) is 31.4. The number of rotatable bonds is 12. The first-order chi connectivity index (χ1) is 37.4. The number of hydrogen-bond acceptors (Lipinski definition) is 4. The van der Waals surface area contributed by atoms with Crippen LogP contribution in [0.4, 0.5) is 22.7 Å². The maximum atomic E-state index is 2.75. The van der Waals surface area contributed by atoms with Crippen molar-refractivity contribution in [3.63, 3.8) is 0 Å². The molecule has 394 valence electrons. The largest absolute Gasteiger partial charge is 0.564 e. The molecular weight excluding hydrogens is 975 g/mol. The molecule has 0 unspecified atom stereocenters. The zero-order valence-electron chi connectivity index (χ0n) is 49.4. The van der Waals surface area contributed by atoms with E-state index in [1.807, 2.05) is 0 Å². The van der Waals surface area contributed by atoms with Crippen molar-refractivity contribution in [1.29, 1.82) is 0 Å². The van der Waals surface area contributed by atoms with E-state index in [9.17, 15) is 0 Å². The van der Waals surface area contributed by atoms with Crippen LogP contribution in [0.1, 0.15) is 225 Å². The number of benzene rings is 8. The van der Waals surface area contributed by atoms with Crippen molar-refractivity contribution < 1.29 is 0 Å². The van der Waals surface area contributed by atoms with Crippen LogP contribution in [0, 0.1) is 0 Å². The van der Waals surface area contributed by atoms with Crippen LogP contribution in [0.3, 0.4) is 0 Å². The second-order valence-corrected chi connectivity index (χ2v) is 27.4. The Morgan fingerprint density at radius 3 is 0.564 bits per heavy atom. The molecule has 4 aliphatic rings. The first kappa shape index (κ1) is 54.0. The van der Waals surface area contributed by atoms with E-state index in [2.05, 4.69) is 272 Å². The second-order valence-electron chi connectivity index (χ2n) is 24.9. The minimum absolute atomic E-state index is 0.232. The lowest BCUT2D eigenvalue weighted by atomic mass is 9.92. The van der Waals surface area contributed by atoms with Gasteiger partial charge in [-0.25, -0.2) is 0 Å². The van der Waals surface area contributed by atoms with Crippen molar-refractivity contribution in [2.24, 2.45) is 0 Å². The van der Waals surface area contributed by atoms with Gasteiger partial charge in [-0.3, -0.25) is 0 Å². The number of para-hydroxylation sites is 4. The Balaban J connectivity index is 0.000000165. The lowest BCUT2D eigenvalue weighted by Gasteiger charge is -2.33. The molecule has 8 aromatic rings. The van der Waals surface area contributed by atoms with Crippen LogP contribution in [0.5, 0.6) is 0 Å². The van der Waals surface area contributed by atoms with Gasteiger partial charge in [0, 0.05) is 78.6 Å². The highest BCUT2D eigenvalue weighted by atomic mass is 27.1. The fraction of sp³-hybridized carbons (Fsp3) is 0.333. The molecule has 0 N–H and O–H groups in total. The molecule has 2 radical (unpaired) electrons. The zero-order valence-corrected chi connectivity index (χ0v) is 51.7. The topological polar surface area (TPSA) is 13.0 Å². The summed E-state index contributed by atoms with van der Waals surface area (Å²) >= 11 is -0.464. The molecule has 78 heavy (non-hydrogen) atoms. The lowest BCUT2D eigenvalue weighted by Crippen LogP contribution is -2.35. The summed E-state index contributed by atoms with van der Waals surface area (Å²) in [6.07, 6.45) is 0. The van der Waals surface area contributed by atoms with Crippen LogP contribution in [-0.2, 0) is 0 Å². The van der Waals surface area contributed by atoms with Gasteiger partial charge < -0.3 is 15.5 Å². The van der Waals surface area contributed by atoms with E-state index in [4.69, 9.17) is 0 Å². The van der Waals surface area contributed by atoms with E-state index in [0.29, 0.717) is 47.3 Å². The van der Waals surface area contributed by atoms with Gasteiger partial charge in [0.05, 0.1) is 0 Å². The molecule has 12 rings (SSSR count). The summed E-state index contributed by atoms with van der Waals surface area (Å²) in [5.41, 5.74) is 28.5. The molecule has 0 fully saturated rings. The molecular formula is C72H80Al2N4. The smallest absolute Gasteiger partial charge is 0.419 e. The van der Waals surface area contributed by atoms with Crippen LogP contribution in [0.15, 0.2) is 146 Å². The molecule has 0 bridgehead atoms. The molecule has 2 heterocycles. The lowest BCUT2D eigenvalue weighted by molar-refractivity contribution is 0.832. The van der Waals surface area contributed by atoms with Gasteiger partial charge >= 0.3 is 31.3 Å². The average molecular weight is 1060 g/mol. The Bertz CT molecular complexity index is 3130. The van der Waals surface area contributed by atoms with E-state index >= 15 is 0 Å². The van der Waals surface area contributed by atoms with Crippen molar-refractivity contribution in [1.82, 2.24) is 0 Å². The summed E-state index contributed by atoms with van der Waals surface area (Å²) in [6.45, 7) is 37.5. The summed E-state index contributed by atoms with van der Waals surface area (Å²) in [4.78, 5) is 0. The zero-order chi connectivity index (χ0) is 55.2. The average Bonchev–Trinajstić information content (AvgIpc) is 4.29. The number of hydrogen-bond donors (Lipinski definition) is 0. The van der Waals surface area contributed by atoms with Gasteiger partial charge in [-0.2, -0.15) is 0 Å². The third-order valence-electron chi connectivity index (χ3n) is 17.0. The second kappa shape index (κ2) is 21.2. The van der Waals surface area contributed by atoms with Crippen LogP contribution >= 0.6 is 0 Å². The molecule has 4 nitrogen and oxygen atoms in total. The fourth-order valence-corrected chi connectivity index (χ4v) is 16.9. The summed E-state index contributed by atoms with van der Waals surface area (Å²) in [5, 5.41) is 5.47. The summed E-state index contributed by atoms with van der Waals surface area (Å²) in [7, 11) is 0. The van der Waals surface area contributed by atoms with Crippen molar-refractivity contribution in [2.45, 2.75) is 158 Å². The molecule has 0 spiro atoms.